The van der Waals surface area contributed by atoms with Crippen molar-refractivity contribution in [2.75, 3.05) is 31.5 Å². The van der Waals surface area contributed by atoms with Gasteiger partial charge in [-0.05, 0) is 48.1 Å². The summed E-state index contributed by atoms with van der Waals surface area (Å²) in [6.07, 6.45) is 8.28. The Morgan fingerprint density at radius 2 is 1.52 bits per heavy atom. The molecule has 0 radical (unpaired) electrons. The SMILES string of the molecule is CCC(=O)NC(Cc1ccc(NC(=O)C(NC(=O)c2ccnn2C)C2CCCCCC2)cc1)C(=O)N1CCN(Cc2ccccc2)CC1. The quantitative estimate of drug-likeness (QED) is 0.254. The number of nitrogens with one attached hydrogen (secondary N) is 3. The van der Waals surface area contributed by atoms with Crippen molar-refractivity contribution >= 4 is 29.3 Å². The molecule has 2 aliphatic rings. The number of piperazine rings is 1. The Balaban J connectivity index is 1.21. The van der Waals surface area contributed by atoms with Crippen molar-refractivity contribution in [2.45, 2.75) is 76.9 Å². The minimum absolute atomic E-state index is 0.0399. The Labute approximate surface area is 283 Å². The summed E-state index contributed by atoms with van der Waals surface area (Å²) in [7, 11) is 1.70. The number of hydrogen-bond donors (Lipinski definition) is 3. The first kappa shape index (κ1) is 34.8. The van der Waals surface area contributed by atoms with E-state index >= 15 is 0 Å². The van der Waals surface area contributed by atoms with Gasteiger partial charge in [-0.2, -0.15) is 5.10 Å². The zero-order valence-electron chi connectivity index (χ0n) is 28.2. The fourth-order valence-electron chi connectivity index (χ4n) is 6.72. The number of hydrogen-bond acceptors (Lipinski definition) is 6. The van der Waals surface area contributed by atoms with Crippen LogP contribution in [-0.4, -0.2) is 81.5 Å². The van der Waals surface area contributed by atoms with Gasteiger partial charge in [0.15, 0.2) is 0 Å². The lowest BCUT2D eigenvalue weighted by molar-refractivity contribution is -0.138. The minimum atomic E-state index is -0.680. The third-order valence-electron chi connectivity index (χ3n) is 9.54. The van der Waals surface area contributed by atoms with E-state index < -0.39 is 12.1 Å². The Morgan fingerprint density at radius 3 is 2.15 bits per heavy atom. The number of amides is 4. The number of rotatable bonds is 12. The summed E-state index contributed by atoms with van der Waals surface area (Å²) in [6, 6.07) is 18.0. The van der Waals surface area contributed by atoms with Gasteiger partial charge in [0.1, 0.15) is 17.8 Å². The average Bonchev–Trinajstić information content (AvgIpc) is 3.36. The van der Waals surface area contributed by atoms with Crippen LogP contribution in [0.3, 0.4) is 0 Å². The standard InChI is InChI=1S/C37H49N7O4/c1-3-33(45)40-31(37(48)44-23-21-43(22-24-44)26-28-11-7-6-8-12-28)25-27-15-17-30(18-16-27)39-36(47)34(29-13-9-4-5-10-14-29)41-35(46)32-19-20-38-42(32)2/h6-8,11-12,15-20,29,31,34H,3-5,9-10,13-14,21-26H2,1-2H3,(H,39,47)(H,40,45)(H,41,46). The van der Waals surface area contributed by atoms with Crippen molar-refractivity contribution in [3.63, 3.8) is 0 Å². The second-order valence-electron chi connectivity index (χ2n) is 13.0. The predicted octanol–water partition coefficient (Wildman–Crippen LogP) is 3.91. The summed E-state index contributed by atoms with van der Waals surface area (Å²) >= 11 is 0. The normalized spacial score (nSPS) is 17.2. The second-order valence-corrected chi connectivity index (χ2v) is 13.0. The van der Waals surface area contributed by atoms with E-state index in [9.17, 15) is 19.2 Å². The van der Waals surface area contributed by atoms with E-state index in [1.54, 1.807) is 26.2 Å². The fourth-order valence-corrected chi connectivity index (χ4v) is 6.72. The monoisotopic (exact) mass is 655 g/mol. The Morgan fingerprint density at radius 1 is 0.833 bits per heavy atom. The topological polar surface area (TPSA) is 129 Å². The largest absolute Gasteiger partial charge is 0.344 e. The zero-order chi connectivity index (χ0) is 33.9. The first-order chi connectivity index (χ1) is 23.3. The minimum Gasteiger partial charge on any atom is -0.344 e. The summed E-state index contributed by atoms with van der Waals surface area (Å²) in [6.45, 7) is 5.38. The van der Waals surface area contributed by atoms with Gasteiger partial charge in [0.05, 0.1) is 0 Å². The predicted molar refractivity (Wildman–Crippen MR) is 185 cm³/mol. The number of carbonyl (C=O) groups is 4. The van der Waals surface area contributed by atoms with E-state index in [1.807, 2.05) is 47.4 Å². The summed E-state index contributed by atoms with van der Waals surface area (Å²) in [5.41, 5.74) is 3.13. The van der Waals surface area contributed by atoms with Gasteiger partial charge in [-0.1, -0.05) is 75.1 Å². The lowest BCUT2D eigenvalue weighted by Gasteiger charge is -2.36. The lowest BCUT2D eigenvalue weighted by atomic mass is 9.91. The Hall–Kier alpha value is -4.51. The first-order valence-electron chi connectivity index (χ1n) is 17.3. The van der Waals surface area contributed by atoms with Crippen molar-refractivity contribution in [3.05, 3.63) is 83.7 Å². The maximum absolute atomic E-state index is 13.7. The molecule has 1 aliphatic carbocycles. The molecule has 5 rings (SSSR count). The molecule has 1 saturated heterocycles. The highest BCUT2D eigenvalue weighted by Gasteiger charge is 2.32. The van der Waals surface area contributed by atoms with E-state index in [1.165, 1.54) is 10.2 Å². The van der Waals surface area contributed by atoms with Gasteiger partial charge in [-0.25, -0.2) is 0 Å². The number of anilines is 1. The molecular formula is C37H49N7O4. The molecule has 3 N–H and O–H groups in total. The third-order valence-corrected chi connectivity index (χ3v) is 9.54. The molecule has 1 aromatic heterocycles. The van der Waals surface area contributed by atoms with Crippen molar-refractivity contribution in [1.29, 1.82) is 0 Å². The number of benzene rings is 2. The highest BCUT2D eigenvalue weighted by molar-refractivity contribution is 6.00. The molecule has 0 bridgehead atoms. The van der Waals surface area contributed by atoms with E-state index in [4.69, 9.17) is 0 Å². The lowest BCUT2D eigenvalue weighted by Crippen LogP contribution is -2.55. The van der Waals surface area contributed by atoms with E-state index in [-0.39, 0.29) is 29.5 Å². The molecule has 11 heteroatoms. The molecule has 4 amide bonds. The summed E-state index contributed by atoms with van der Waals surface area (Å²) < 4.78 is 1.50. The maximum Gasteiger partial charge on any atom is 0.270 e. The van der Waals surface area contributed by atoms with Crippen LogP contribution in [0.4, 0.5) is 5.69 Å². The molecule has 11 nitrogen and oxygen atoms in total. The van der Waals surface area contributed by atoms with Crippen molar-refractivity contribution in [2.24, 2.45) is 13.0 Å². The highest BCUT2D eigenvalue weighted by Crippen LogP contribution is 2.27. The summed E-state index contributed by atoms with van der Waals surface area (Å²) in [4.78, 5) is 57.1. The van der Waals surface area contributed by atoms with Crippen LogP contribution in [0.25, 0.3) is 0 Å². The molecule has 2 atom stereocenters. The van der Waals surface area contributed by atoms with Crippen LogP contribution in [0.5, 0.6) is 0 Å². The molecule has 2 unspecified atom stereocenters. The van der Waals surface area contributed by atoms with Crippen LogP contribution in [0, 0.1) is 5.92 Å². The van der Waals surface area contributed by atoms with Crippen molar-refractivity contribution in [1.82, 2.24) is 30.2 Å². The van der Waals surface area contributed by atoms with Crippen LogP contribution in [0.15, 0.2) is 66.9 Å². The van der Waals surface area contributed by atoms with Crippen LogP contribution in [0.2, 0.25) is 0 Å². The molecule has 2 aromatic carbocycles. The Bertz CT molecular complexity index is 1510. The first-order valence-corrected chi connectivity index (χ1v) is 17.3. The number of carbonyl (C=O) groups excluding carboxylic acids is 4. The smallest absolute Gasteiger partial charge is 0.270 e. The van der Waals surface area contributed by atoms with Gasteiger partial charge in [-0.15, -0.1) is 0 Å². The van der Waals surface area contributed by atoms with Gasteiger partial charge in [0, 0.05) is 64.5 Å². The van der Waals surface area contributed by atoms with Gasteiger partial charge in [0.25, 0.3) is 5.91 Å². The number of nitrogens with zero attached hydrogens (tertiary/aromatic N) is 4. The van der Waals surface area contributed by atoms with Crippen molar-refractivity contribution in [3.8, 4) is 0 Å². The van der Waals surface area contributed by atoms with E-state index in [2.05, 4.69) is 38.1 Å². The van der Waals surface area contributed by atoms with E-state index in [0.29, 0.717) is 37.3 Å². The molecular weight excluding hydrogens is 606 g/mol. The van der Waals surface area contributed by atoms with Gasteiger partial charge in [-0.3, -0.25) is 28.8 Å². The maximum atomic E-state index is 13.7. The molecule has 3 aromatic rings. The highest BCUT2D eigenvalue weighted by atomic mass is 16.2. The summed E-state index contributed by atoms with van der Waals surface area (Å²) in [5, 5.41) is 13.1. The van der Waals surface area contributed by atoms with Crippen LogP contribution in [-0.2, 0) is 34.4 Å². The zero-order valence-corrected chi connectivity index (χ0v) is 28.2. The van der Waals surface area contributed by atoms with E-state index in [0.717, 1.165) is 63.7 Å². The van der Waals surface area contributed by atoms with Gasteiger partial charge < -0.3 is 20.9 Å². The van der Waals surface area contributed by atoms with Crippen LogP contribution in [0.1, 0.15) is 73.5 Å². The molecule has 1 saturated carbocycles. The molecule has 0 spiro atoms. The Kier molecular flexibility index (Phi) is 12.4. The molecule has 2 fully saturated rings. The van der Waals surface area contributed by atoms with Crippen LogP contribution >= 0.6 is 0 Å². The van der Waals surface area contributed by atoms with Crippen LogP contribution < -0.4 is 16.0 Å². The molecule has 256 valence electrons. The van der Waals surface area contributed by atoms with Gasteiger partial charge in [0.2, 0.25) is 17.7 Å². The third kappa shape index (κ3) is 9.53. The van der Waals surface area contributed by atoms with Crippen molar-refractivity contribution < 1.29 is 19.2 Å². The molecule has 2 heterocycles. The average molecular weight is 656 g/mol. The molecule has 1 aliphatic heterocycles. The van der Waals surface area contributed by atoms with Gasteiger partial charge >= 0.3 is 0 Å². The second kappa shape index (κ2) is 17.1. The molecule has 48 heavy (non-hydrogen) atoms. The number of aryl methyl sites for hydroxylation is 1. The summed E-state index contributed by atoms with van der Waals surface area (Å²) in [5.74, 6) is -0.781. The fraction of sp³-hybridized carbons (Fsp3) is 0.486. The number of aromatic nitrogens is 2.